The summed E-state index contributed by atoms with van der Waals surface area (Å²) in [4.78, 5) is 0. The average molecular weight is 130 g/mol. The van der Waals surface area contributed by atoms with Gasteiger partial charge in [0.1, 0.15) is 0 Å². The van der Waals surface area contributed by atoms with E-state index < -0.39 is 5.60 Å². The van der Waals surface area contributed by atoms with Crippen LogP contribution in [0.1, 0.15) is 20.3 Å². The Kier molecular flexibility index (Phi) is 1.78. The minimum Gasteiger partial charge on any atom is -0.387 e. The van der Waals surface area contributed by atoms with Crippen LogP contribution >= 0.6 is 0 Å². The molecular formula is C7H14O2. The summed E-state index contributed by atoms with van der Waals surface area (Å²) in [5, 5.41) is 9.52. The Balaban J connectivity index is 2.49. The summed E-state index contributed by atoms with van der Waals surface area (Å²) in [6.45, 7) is 5.19. The molecule has 1 aliphatic heterocycles. The van der Waals surface area contributed by atoms with Gasteiger partial charge in [-0.05, 0) is 19.3 Å². The van der Waals surface area contributed by atoms with E-state index in [4.69, 9.17) is 4.74 Å². The summed E-state index contributed by atoms with van der Waals surface area (Å²) >= 11 is 0. The first-order valence-electron chi connectivity index (χ1n) is 3.43. The van der Waals surface area contributed by atoms with Gasteiger partial charge >= 0.3 is 0 Å². The number of ether oxygens (including phenoxy) is 1. The molecule has 1 saturated heterocycles. The monoisotopic (exact) mass is 130 g/mol. The van der Waals surface area contributed by atoms with E-state index in [9.17, 15) is 5.11 Å². The Labute approximate surface area is 55.8 Å². The van der Waals surface area contributed by atoms with E-state index >= 15 is 0 Å². The van der Waals surface area contributed by atoms with E-state index in [1.54, 1.807) is 0 Å². The Morgan fingerprint density at radius 2 is 2.33 bits per heavy atom. The summed E-state index contributed by atoms with van der Waals surface area (Å²) < 4.78 is 5.11. The summed E-state index contributed by atoms with van der Waals surface area (Å²) in [5.74, 6) is 0.381. The molecule has 54 valence electrons. The predicted molar refractivity (Wildman–Crippen MR) is 35.2 cm³/mol. The van der Waals surface area contributed by atoms with Crippen LogP contribution in [0.3, 0.4) is 0 Å². The second-order valence-electron chi connectivity index (χ2n) is 3.10. The highest BCUT2D eigenvalue weighted by Gasteiger charge is 2.31. The van der Waals surface area contributed by atoms with Gasteiger partial charge in [0.15, 0.2) is 0 Å². The number of hydrogen-bond donors (Lipinski definition) is 1. The molecule has 0 aromatic heterocycles. The zero-order chi connectivity index (χ0) is 6.91. The van der Waals surface area contributed by atoms with Crippen LogP contribution in [0.4, 0.5) is 0 Å². The molecular weight excluding hydrogens is 116 g/mol. The van der Waals surface area contributed by atoms with Crippen LogP contribution < -0.4 is 0 Å². The van der Waals surface area contributed by atoms with E-state index in [-0.39, 0.29) is 0 Å². The first kappa shape index (κ1) is 7.03. The van der Waals surface area contributed by atoms with Crippen LogP contribution in [-0.2, 0) is 4.74 Å². The molecule has 0 spiro atoms. The second kappa shape index (κ2) is 2.27. The molecule has 0 bridgehead atoms. The number of hydrogen-bond acceptors (Lipinski definition) is 2. The van der Waals surface area contributed by atoms with Gasteiger partial charge in [-0.2, -0.15) is 0 Å². The highest BCUT2D eigenvalue weighted by atomic mass is 16.5. The smallest absolute Gasteiger partial charge is 0.0878 e. The minimum absolute atomic E-state index is 0.381. The predicted octanol–water partition coefficient (Wildman–Crippen LogP) is 0.794. The molecule has 0 unspecified atom stereocenters. The third kappa shape index (κ3) is 1.43. The van der Waals surface area contributed by atoms with Crippen molar-refractivity contribution in [3.63, 3.8) is 0 Å². The maximum absolute atomic E-state index is 9.52. The topological polar surface area (TPSA) is 29.5 Å². The molecule has 9 heavy (non-hydrogen) atoms. The van der Waals surface area contributed by atoms with Crippen molar-refractivity contribution in [2.45, 2.75) is 25.9 Å². The highest BCUT2D eigenvalue weighted by molar-refractivity contribution is 4.81. The lowest BCUT2D eigenvalue weighted by Gasteiger charge is -2.34. The summed E-state index contributed by atoms with van der Waals surface area (Å²) in [7, 11) is 0. The van der Waals surface area contributed by atoms with Gasteiger partial charge < -0.3 is 9.84 Å². The Morgan fingerprint density at radius 1 is 1.67 bits per heavy atom. The van der Waals surface area contributed by atoms with Crippen molar-refractivity contribution in [3.05, 3.63) is 0 Å². The fourth-order valence-corrected chi connectivity index (χ4v) is 0.992. The zero-order valence-corrected chi connectivity index (χ0v) is 6.05. The quantitative estimate of drug-likeness (QED) is 0.525. The Hall–Kier alpha value is -0.0800. The molecule has 0 aromatic rings. The molecule has 1 fully saturated rings. The maximum Gasteiger partial charge on any atom is 0.0878 e. The van der Waals surface area contributed by atoms with Crippen molar-refractivity contribution in [1.82, 2.24) is 0 Å². The van der Waals surface area contributed by atoms with E-state index in [2.05, 4.69) is 6.92 Å². The Bertz CT molecular complexity index is 99.1. The summed E-state index contributed by atoms with van der Waals surface area (Å²) in [6.07, 6.45) is 0.979. The molecule has 0 amide bonds. The minimum atomic E-state index is -0.585. The molecule has 2 atom stereocenters. The van der Waals surface area contributed by atoms with E-state index in [0.717, 1.165) is 13.0 Å². The zero-order valence-electron chi connectivity index (χ0n) is 6.05. The van der Waals surface area contributed by atoms with Gasteiger partial charge in [-0.3, -0.25) is 0 Å². The van der Waals surface area contributed by atoms with Crippen LogP contribution in [0.15, 0.2) is 0 Å². The standard InChI is InChI=1S/C7H14O2/c1-6-3-4-9-5-7(6,2)8/h6,8H,3-5H2,1-2H3/t6-,7+/m1/s1. The lowest BCUT2D eigenvalue weighted by Crippen LogP contribution is -2.42. The lowest BCUT2D eigenvalue weighted by molar-refractivity contribution is -0.108. The van der Waals surface area contributed by atoms with Crippen LogP contribution in [0.5, 0.6) is 0 Å². The maximum atomic E-state index is 9.52. The van der Waals surface area contributed by atoms with Crippen molar-refractivity contribution in [3.8, 4) is 0 Å². The van der Waals surface area contributed by atoms with Crippen molar-refractivity contribution >= 4 is 0 Å². The van der Waals surface area contributed by atoms with Crippen molar-refractivity contribution < 1.29 is 9.84 Å². The third-order valence-corrected chi connectivity index (χ3v) is 2.15. The number of rotatable bonds is 0. The van der Waals surface area contributed by atoms with Crippen LogP contribution in [0, 0.1) is 5.92 Å². The van der Waals surface area contributed by atoms with Crippen LogP contribution in [0.2, 0.25) is 0 Å². The van der Waals surface area contributed by atoms with Gasteiger partial charge in [0.25, 0.3) is 0 Å². The first-order chi connectivity index (χ1) is 4.13. The molecule has 0 aromatic carbocycles. The molecule has 2 nitrogen and oxygen atoms in total. The normalized spacial score (nSPS) is 45.0. The average Bonchev–Trinajstić information content (AvgIpc) is 1.77. The molecule has 0 aliphatic carbocycles. The van der Waals surface area contributed by atoms with Crippen LogP contribution in [-0.4, -0.2) is 23.9 Å². The van der Waals surface area contributed by atoms with E-state index in [1.807, 2.05) is 6.92 Å². The summed E-state index contributed by atoms with van der Waals surface area (Å²) in [5.41, 5.74) is -0.585. The van der Waals surface area contributed by atoms with E-state index in [1.165, 1.54) is 0 Å². The fraction of sp³-hybridized carbons (Fsp3) is 1.00. The number of aliphatic hydroxyl groups is 1. The second-order valence-corrected chi connectivity index (χ2v) is 3.10. The largest absolute Gasteiger partial charge is 0.387 e. The molecule has 1 heterocycles. The first-order valence-corrected chi connectivity index (χ1v) is 3.43. The third-order valence-electron chi connectivity index (χ3n) is 2.15. The van der Waals surface area contributed by atoms with Crippen LogP contribution in [0.25, 0.3) is 0 Å². The van der Waals surface area contributed by atoms with E-state index in [0.29, 0.717) is 12.5 Å². The van der Waals surface area contributed by atoms with Gasteiger partial charge in [0.05, 0.1) is 12.2 Å². The van der Waals surface area contributed by atoms with Crippen molar-refractivity contribution in [2.24, 2.45) is 5.92 Å². The molecule has 2 heteroatoms. The van der Waals surface area contributed by atoms with Crippen molar-refractivity contribution in [1.29, 1.82) is 0 Å². The fourth-order valence-electron chi connectivity index (χ4n) is 0.992. The van der Waals surface area contributed by atoms with Gasteiger partial charge in [-0.25, -0.2) is 0 Å². The van der Waals surface area contributed by atoms with Crippen molar-refractivity contribution in [2.75, 3.05) is 13.2 Å². The van der Waals surface area contributed by atoms with Gasteiger partial charge in [0.2, 0.25) is 0 Å². The van der Waals surface area contributed by atoms with Gasteiger partial charge in [0, 0.05) is 6.61 Å². The molecule has 1 N–H and O–H groups in total. The molecule has 0 saturated carbocycles. The SMILES string of the molecule is C[C@@H]1CCOC[C@]1(C)O. The van der Waals surface area contributed by atoms with Gasteiger partial charge in [-0.1, -0.05) is 6.92 Å². The Morgan fingerprint density at radius 3 is 2.67 bits per heavy atom. The molecule has 1 rings (SSSR count). The molecule has 1 aliphatic rings. The summed E-state index contributed by atoms with van der Waals surface area (Å²) in [6, 6.07) is 0. The lowest BCUT2D eigenvalue weighted by atomic mass is 9.87. The highest BCUT2D eigenvalue weighted by Crippen LogP contribution is 2.24. The molecule has 0 radical (unpaired) electrons. The van der Waals surface area contributed by atoms with Gasteiger partial charge in [-0.15, -0.1) is 0 Å².